The van der Waals surface area contributed by atoms with Crippen molar-refractivity contribution < 1.29 is 13.5 Å². The molecule has 3 heteroatoms. The van der Waals surface area contributed by atoms with Crippen LogP contribution < -0.4 is 0 Å². The van der Waals surface area contributed by atoms with Crippen LogP contribution in [-0.2, 0) is 4.74 Å². The number of hydrogen-bond acceptors (Lipinski definition) is 1. The van der Waals surface area contributed by atoms with Gasteiger partial charge in [-0.3, -0.25) is 0 Å². The average molecular weight is 246 g/mol. The molecule has 0 aromatic rings. The molecule has 2 aliphatic rings. The molecule has 0 bridgehead atoms. The van der Waals surface area contributed by atoms with Gasteiger partial charge in [-0.2, -0.15) is 8.78 Å². The molecule has 1 nitrogen and oxygen atoms in total. The summed E-state index contributed by atoms with van der Waals surface area (Å²) in [5.74, 6) is 0.147. The average Bonchev–Trinajstić information content (AvgIpc) is 2.33. The van der Waals surface area contributed by atoms with E-state index in [2.05, 4.69) is 6.92 Å². The van der Waals surface area contributed by atoms with Gasteiger partial charge in [-0.25, -0.2) is 0 Å². The summed E-state index contributed by atoms with van der Waals surface area (Å²) in [5.41, 5.74) is 0. The van der Waals surface area contributed by atoms with Gasteiger partial charge in [-0.05, 0) is 44.4 Å². The van der Waals surface area contributed by atoms with E-state index < -0.39 is 12.0 Å². The van der Waals surface area contributed by atoms with Gasteiger partial charge in [0.25, 0.3) is 0 Å². The Bertz CT molecular complexity index is 228. The van der Waals surface area contributed by atoms with Crippen molar-refractivity contribution >= 4 is 0 Å². The van der Waals surface area contributed by atoms with Crippen molar-refractivity contribution in [2.45, 2.75) is 76.9 Å². The molecule has 0 spiro atoms. The lowest BCUT2D eigenvalue weighted by atomic mass is 9.87. The van der Waals surface area contributed by atoms with Gasteiger partial charge in [0.05, 0.1) is 12.0 Å². The third-order valence-corrected chi connectivity index (χ3v) is 4.37. The van der Waals surface area contributed by atoms with Crippen molar-refractivity contribution in [3.63, 3.8) is 0 Å². The smallest absolute Gasteiger partial charge is 0.317 e. The van der Waals surface area contributed by atoms with Crippen LogP contribution in [0.5, 0.6) is 0 Å². The van der Waals surface area contributed by atoms with Crippen molar-refractivity contribution in [1.29, 1.82) is 0 Å². The molecule has 0 heterocycles. The number of hydrogen-bond donors (Lipinski definition) is 0. The van der Waals surface area contributed by atoms with Crippen molar-refractivity contribution in [3.8, 4) is 0 Å². The summed E-state index contributed by atoms with van der Waals surface area (Å²) in [7, 11) is 0. The highest BCUT2D eigenvalue weighted by Crippen LogP contribution is 2.40. The minimum absolute atomic E-state index is 0.205. The van der Waals surface area contributed by atoms with Crippen LogP contribution in [0.15, 0.2) is 0 Å². The van der Waals surface area contributed by atoms with Crippen LogP contribution in [0.4, 0.5) is 8.78 Å². The molecule has 0 unspecified atom stereocenters. The third-order valence-electron chi connectivity index (χ3n) is 4.37. The largest absolute Gasteiger partial charge is 0.358 e. The topological polar surface area (TPSA) is 9.23 Å². The zero-order valence-electron chi connectivity index (χ0n) is 10.8. The van der Waals surface area contributed by atoms with E-state index in [9.17, 15) is 8.78 Å². The van der Waals surface area contributed by atoms with Crippen molar-refractivity contribution in [1.82, 2.24) is 0 Å². The molecule has 0 amide bonds. The summed E-state index contributed by atoms with van der Waals surface area (Å²) in [6.45, 7) is 2.19. The summed E-state index contributed by atoms with van der Waals surface area (Å²) < 4.78 is 33.1. The van der Waals surface area contributed by atoms with Gasteiger partial charge in [0, 0.05) is 0 Å². The van der Waals surface area contributed by atoms with Crippen LogP contribution in [0.2, 0.25) is 0 Å². The Hall–Kier alpha value is -0.180. The van der Waals surface area contributed by atoms with Crippen LogP contribution in [0, 0.1) is 11.8 Å². The fraction of sp³-hybridized carbons (Fsp3) is 1.00. The second kappa shape index (κ2) is 5.64. The van der Waals surface area contributed by atoms with Crippen LogP contribution in [-0.4, -0.2) is 12.2 Å². The van der Waals surface area contributed by atoms with Gasteiger partial charge < -0.3 is 4.74 Å². The SMILES string of the molecule is CC1CCC(OC(F)(F)C2CCCCC2)CC1. The predicted molar refractivity (Wildman–Crippen MR) is 64.0 cm³/mol. The minimum Gasteiger partial charge on any atom is -0.317 e. The molecule has 2 rings (SSSR count). The summed E-state index contributed by atoms with van der Waals surface area (Å²) >= 11 is 0. The van der Waals surface area contributed by atoms with Gasteiger partial charge >= 0.3 is 6.11 Å². The highest BCUT2D eigenvalue weighted by Gasteiger charge is 2.43. The van der Waals surface area contributed by atoms with E-state index in [4.69, 9.17) is 4.74 Å². The Labute approximate surface area is 103 Å². The van der Waals surface area contributed by atoms with Crippen molar-refractivity contribution in [3.05, 3.63) is 0 Å². The molecule has 17 heavy (non-hydrogen) atoms. The normalized spacial score (nSPS) is 32.6. The molecule has 0 aromatic carbocycles. The second-order valence-electron chi connectivity index (χ2n) is 5.90. The Balaban J connectivity index is 1.83. The Morgan fingerprint density at radius 2 is 1.47 bits per heavy atom. The van der Waals surface area contributed by atoms with Gasteiger partial charge in [-0.15, -0.1) is 0 Å². The Kier molecular flexibility index (Phi) is 4.40. The molecular formula is C14H24F2O. The predicted octanol–water partition coefficient (Wildman–Crippen LogP) is 4.75. The quantitative estimate of drug-likeness (QED) is 0.698. The third kappa shape index (κ3) is 3.64. The first-order valence-corrected chi connectivity index (χ1v) is 7.13. The molecule has 0 radical (unpaired) electrons. The van der Waals surface area contributed by atoms with E-state index in [0.717, 1.165) is 44.9 Å². The maximum Gasteiger partial charge on any atom is 0.358 e. The molecule has 0 aromatic heterocycles. The van der Waals surface area contributed by atoms with Crippen LogP contribution in [0.25, 0.3) is 0 Å². The van der Waals surface area contributed by atoms with Crippen LogP contribution in [0.3, 0.4) is 0 Å². The van der Waals surface area contributed by atoms with E-state index in [-0.39, 0.29) is 6.10 Å². The Morgan fingerprint density at radius 1 is 0.882 bits per heavy atom. The zero-order valence-corrected chi connectivity index (χ0v) is 10.8. The summed E-state index contributed by atoms with van der Waals surface area (Å²) in [6, 6.07) is 0. The van der Waals surface area contributed by atoms with E-state index in [1.165, 1.54) is 0 Å². The highest BCUT2D eigenvalue weighted by atomic mass is 19.3. The zero-order chi connectivity index (χ0) is 12.3. The first-order valence-electron chi connectivity index (χ1n) is 7.13. The summed E-state index contributed by atoms with van der Waals surface area (Å²) in [4.78, 5) is 0. The maximum absolute atomic E-state index is 14.0. The highest BCUT2D eigenvalue weighted by molar-refractivity contribution is 4.77. The molecule has 0 atom stereocenters. The monoisotopic (exact) mass is 246 g/mol. The second-order valence-corrected chi connectivity index (χ2v) is 5.90. The van der Waals surface area contributed by atoms with Gasteiger partial charge in [0.2, 0.25) is 0 Å². The lowest BCUT2D eigenvalue weighted by Crippen LogP contribution is -2.38. The van der Waals surface area contributed by atoms with Crippen LogP contribution >= 0.6 is 0 Å². The number of alkyl halides is 2. The summed E-state index contributed by atoms with van der Waals surface area (Å²) in [5, 5.41) is 0. The van der Waals surface area contributed by atoms with Crippen molar-refractivity contribution in [2.75, 3.05) is 0 Å². The van der Waals surface area contributed by atoms with E-state index in [0.29, 0.717) is 18.8 Å². The van der Waals surface area contributed by atoms with E-state index in [1.54, 1.807) is 0 Å². The standard InChI is InChI=1S/C14H24F2O/c1-11-7-9-13(10-8-11)17-14(15,16)12-5-3-2-4-6-12/h11-13H,2-10H2,1H3. The molecule has 2 aliphatic carbocycles. The van der Waals surface area contributed by atoms with Crippen LogP contribution in [0.1, 0.15) is 64.7 Å². The first-order chi connectivity index (χ1) is 8.08. The molecule has 2 saturated carbocycles. The van der Waals surface area contributed by atoms with E-state index >= 15 is 0 Å². The molecular weight excluding hydrogens is 222 g/mol. The fourth-order valence-electron chi connectivity index (χ4n) is 3.10. The molecule has 2 fully saturated rings. The molecule has 0 N–H and O–H groups in total. The van der Waals surface area contributed by atoms with Crippen molar-refractivity contribution in [2.24, 2.45) is 11.8 Å². The lowest BCUT2D eigenvalue weighted by Gasteiger charge is -2.34. The lowest BCUT2D eigenvalue weighted by molar-refractivity contribution is -0.300. The van der Waals surface area contributed by atoms with Gasteiger partial charge in [-0.1, -0.05) is 26.2 Å². The molecule has 100 valence electrons. The van der Waals surface area contributed by atoms with E-state index in [1.807, 2.05) is 0 Å². The fourth-order valence-corrected chi connectivity index (χ4v) is 3.10. The van der Waals surface area contributed by atoms with Gasteiger partial charge in [0.1, 0.15) is 0 Å². The molecule has 0 aliphatic heterocycles. The minimum atomic E-state index is -2.88. The maximum atomic E-state index is 14.0. The number of halogens is 2. The number of ether oxygens (including phenoxy) is 1. The number of rotatable bonds is 3. The molecule has 0 saturated heterocycles. The van der Waals surface area contributed by atoms with Gasteiger partial charge in [0.15, 0.2) is 0 Å². The summed E-state index contributed by atoms with van der Waals surface area (Å²) in [6.07, 6.45) is 4.84. The first kappa shape index (κ1) is 13.3. The Morgan fingerprint density at radius 3 is 2.06 bits per heavy atom.